The van der Waals surface area contributed by atoms with Crippen molar-refractivity contribution in [2.45, 2.75) is 13.3 Å². The van der Waals surface area contributed by atoms with E-state index in [-0.39, 0.29) is 13.2 Å². The van der Waals surface area contributed by atoms with Gasteiger partial charge in [-0.1, -0.05) is 30.3 Å². The molecule has 0 atom stereocenters. The molecule has 0 N–H and O–H groups in total. The Morgan fingerprint density at radius 2 is 2.00 bits per heavy atom. The predicted octanol–water partition coefficient (Wildman–Crippen LogP) is 3.41. The molecule has 1 aromatic carbocycles. The third-order valence-corrected chi connectivity index (χ3v) is 2.61. The van der Waals surface area contributed by atoms with Gasteiger partial charge in [0.25, 0.3) is 0 Å². The fraction of sp³-hybridized carbons (Fsp3) is 0.250. The largest absolute Gasteiger partial charge is 0.462 e. The number of carbonyl (C=O) groups is 2. The summed E-state index contributed by atoms with van der Waals surface area (Å²) < 4.78 is 9.83. The minimum atomic E-state index is -0.457. The number of hydrogen-bond donors (Lipinski definition) is 0. The molecule has 0 aliphatic rings. The number of esters is 2. The molecule has 1 rings (SSSR count). The molecule has 0 aliphatic heterocycles. The van der Waals surface area contributed by atoms with E-state index in [4.69, 9.17) is 21.1 Å². The molecular weight excluding hydrogens is 292 g/mol. The van der Waals surface area contributed by atoms with Crippen LogP contribution in [0.3, 0.4) is 0 Å². The Balaban J connectivity index is 2.22. The zero-order valence-corrected chi connectivity index (χ0v) is 12.6. The highest BCUT2D eigenvalue weighted by molar-refractivity contribution is 6.30. The first-order valence-corrected chi connectivity index (χ1v) is 6.80. The van der Waals surface area contributed by atoms with Gasteiger partial charge in [-0.25, -0.2) is 9.59 Å². The van der Waals surface area contributed by atoms with Crippen LogP contribution in [0.15, 0.2) is 42.5 Å². The van der Waals surface area contributed by atoms with Crippen LogP contribution in [-0.2, 0) is 19.1 Å². The highest BCUT2D eigenvalue weighted by Gasteiger charge is 2.03. The van der Waals surface area contributed by atoms with Crippen LogP contribution >= 0.6 is 11.6 Å². The minimum Gasteiger partial charge on any atom is -0.462 e. The summed E-state index contributed by atoms with van der Waals surface area (Å²) in [4.78, 5) is 22.5. The Morgan fingerprint density at radius 3 is 2.67 bits per heavy atom. The summed E-state index contributed by atoms with van der Waals surface area (Å²) in [5.41, 5.74) is 1.16. The van der Waals surface area contributed by atoms with Crippen LogP contribution in [-0.4, -0.2) is 25.2 Å². The van der Waals surface area contributed by atoms with Gasteiger partial charge in [-0.15, -0.1) is 0 Å². The van der Waals surface area contributed by atoms with E-state index in [2.05, 4.69) is 6.58 Å². The SMILES string of the molecule is C=C(C)C(=O)OCCCOC(=O)/C=C/c1cccc(Cl)c1. The Bertz CT molecular complexity index is 549. The molecule has 0 unspecified atom stereocenters. The second-order valence-corrected chi connectivity index (χ2v) is 4.76. The Labute approximate surface area is 129 Å². The molecule has 0 aromatic heterocycles. The van der Waals surface area contributed by atoms with Gasteiger partial charge in [-0.3, -0.25) is 0 Å². The van der Waals surface area contributed by atoms with Crippen molar-refractivity contribution in [3.63, 3.8) is 0 Å². The van der Waals surface area contributed by atoms with E-state index in [1.54, 1.807) is 31.2 Å². The fourth-order valence-electron chi connectivity index (χ4n) is 1.34. The second-order valence-electron chi connectivity index (χ2n) is 4.33. The molecule has 112 valence electrons. The number of ether oxygens (including phenoxy) is 2. The zero-order valence-electron chi connectivity index (χ0n) is 11.8. The molecule has 0 heterocycles. The van der Waals surface area contributed by atoms with Crippen LogP contribution in [0.4, 0.5) is 0 Å². The van der Waals surface area contributed by atoms with E-state index < -0.39 is 11.9 Å². The molecule has 0 saturated heterocycles. The van der Waals surface area contributed by atoms with Crippen LogP contribution in [0.25, 0.3) is 6.08 Å². The maximum atomic E-state index is 11.4. The molecule has 5 heteroatoms. The average Bonchev–Trinajstić information content (AvgIpc) is 2.44. The molecule has 0 saturated carbocycles. The monoisotopic (exact) mass is 308 g/mol. The van der Waals surface area contributed by atoms with Crippen LogP contribution in [0.5, 0.6) is 0 Å². The van der Waals surface area contributed by atoms with Crippen molar-refractivity contribution in [3.05, 3.63) is 53.1 Å². The number of carbonyl (C=O) groups excluding carboxylic acids is 2. The lowest BCUT2D eigenvalue weighted by atomic mass is 10.2. The third kappa shape index (κ3) is 7.32. The number of hydrogen-bond acceptors (Lipinski definition) is 4. The van der Waals surface area contributed by atoms with Crippen molar-refractivity contribution in [2.75, 3.05) is 13.2 Å². The molecule has 0 amide bonds. The van der Waals surface area contributed by atoms with E-state index in [0.717, 1.165) is 5.56 Å². The van der Waals surface area contributed by atoms with Crippen molar-refractivity contribution >= 4 is 29.6 Å². The maximum absolute atomic E-state index is 11.4. The van der Waals surface area contributed by atoms with E-state index in [9.17, 15) is 9.59 Å². The summed E-state index contributed by atoms with van der Waals surface area (Å²) in [6.45, 7) is 5.41. The van der Waals surface area contributed by atoms with Crippen LogP contribution in [0, 0.1) is 0 Å². The number of halogens is 1. The molecule has 0 fully saturated rings. The molecule has 4 nitrogen and oxygen atoms in total. The van der Waals surface area contributed by atoms with Crippen LogP contribution < -0.4 is 0 Å². The van der Waals surface area contributed by atoms with Gasteiger partial charge in [-0.2, -0.15) is 0 Å². The summed E-state index contributed by atoms with van der Waals surface area (Å²) in [6, 6.07) is 7.11. The Morgan fingerprint density at radius 1 is 1.29 bits per heavy atom. The van der Waals surface area contributed by atoms with Gasteiger partial charge in [0.15, 0.2) is 0 Å². The van der Waals surface area contributed by atoms with Gasteiger partial charge in [0, 0.05) is 23.1 Å². The van der Waals surface area contributed by atoms with Gasteiger partial charge in [0.05, 0.1) is 13.2 Å². The standard InChI is InChI=1S/C16H17ClO4/c1-12(2)16(19)21-10-4-9-20-15(18)8-7-13-5-3-6-14(17)11-13/h3,5-8,11H,1,4,9-10H2,2H3/b8-7+. The normalized spacial score (nSPS) is 10.4. The fourth-order valence-corrected chi connectivity index (χ4v) is 1.54. The first-order chi connectivity index (χ1) is 9.99. The van der Waals surface area contributed by atoms with Crippen LogP contribution in [0.2, 0.25) is 5.02 Å². The summed E-state index contributed by atoms with van der Waals surface area (Å²) >= 11 is 5.83. The first-order valence-electron chi connectivity index (χ1n) is 6.42. The maximum Gasteiger partial charge on any atom is 0.333 e. The summed E-state index contributed by atoms with van der Waals surface area (Å²) in [6.07, 6.45) is 3.39. The molecule has 1 aromatic rings. The molecule has 0 bridgehead atoms. The lowest BCUT2D eigenvalue weighted by molar-refractivity contribution is -0.140. The van der Waals surface area contributed by atoms with Crippen molar-refractivity contribution < 1.29 is 19.1 Å². The zero-order chi connectivity index (χ0) is 15.7. The number of benzene rings is 1. The Kier molecular flexibility index (Phi) is 7.26. The highest BCUT2D eigenvalue weighted by Crippen LogP contribution is 2.11. The molecular formula is C16H17ClO4. The summed E-state index contributed by atoms with van der Waals surface area (Å²) in [5, 5.41) is 0.602. The predicted molar refractivity (Wildman–Crippen MR) is 81.8 cm³/mol. The van der Waals surface area contributed by atoms with Gasteiger partial charge in [-0.05, 0) is 30.7 Å². The van der Waals surface area contributed by atoms with Gasteiger partial charge in [0.2, 0.25) is 0 Å². The summed E-state index contributed by atoms with van der Waals surface area (Å²) in [7, 11) is 0. The Hall–Kier alpha value is -2.07. The van der Waals surface area contributed by atoms with Crippen molar-refractivity contribution in [1.29, 1.82) is 0 Å². The molecule has 0 spiro atoms. The van der Waals surface area contributed by atoms with E-state index >= 15 is 0 Å². The molecule has 21 heavy (non-hydrogen) atoms. The van der Waals surface area contributed by atoms with Crippen molar-refractivity contribution in [1.82, 2.24) is 0 Å². The van der Waals surface area contributed by atoms with E-state index in [0.29, 0.717) is 17.0 Å². The van der Waals surface area contributed by atoms with Gasteiger partial charge in [0.1, 0.15) is 0 Å². The molecule has 0 radical (unpaired) electrons. The smallest absolute Gasteiger partial charge is 0.333 e. The van der Waals surface area contributed by atoms with Gasteiger partial charge >= 0.3 is 11.9 Å². The highest BCUT2D eigenvalue weighted by atomic mass is 35.5. The third-order valence-electron chi connectivity index (χ3n) is 2.38. The lowest BCUT2D eigenvalue weighted by Gasteiger charge is -2.04. The topological polar surface area (TPSA) is 52.6 Å². The van der Waals surface area contributed by atoms with E-state index in [1.807, 2.05) is 6.07 Å². The van der Waals surface area contributed by atoms with Crippen molar-refractivity contribution in [3.8, 4) is 0 Å². The van der Waals surface area contributed by atoms with Gasteiger partial charge < -0.3 is 9.47 Å². The average molecular weight is 309 g/mol. The molecule has 0 aliphatic carbocycles. The minimum absolute atomic E-state index is 0.183. The van der Waals surface area contributed by atoms with Crippen molar-refractivity contribution in [2.24, 2.45) is 0 Å². The quantitative estimate of drug-likeness (QED) is 0.440. The summed E-state index contributed by atoms with van der Waals surface area (Å²) in [5.74, 6) is -0.900. The first kappa shape index (κ1) is 17.0. The number of rotatable bonds is 7. The van der Waals surface area contributed by atoms with E-state index in [1.165, 1.54) is 6.08 Å². The van der Waals surface area contributed by atoms with Crippen LogP contribution in [0.1, 0.15) is 18.9 Å². The lowest BCUT2D eigenvalue weighted by Crippen LogP contribution is -2.09. The second kappa shape index (κ2) is 8.97.